The third-order valence-electron chi connectivity index (χ3n) is 2.25. The molecule has 0 spiro atoms. The van der Waals surface area contributed by atoms with Crippen molar-refractivity contribution in [2.45, 2.75) is 16.0 Å². The van der Waals surface area contributed by atoms with Gasteiger partial charge in [-0.3, -0.25) is 0 Å². The van der Waals surface area contributed by atoms with Gasteiger partial charge in [0, 0.05) is 9.79 Å². The van der Waals surface area contributed by atoms with Crippen molar-refractivity contribution < 1.29 is 17.6 Å². The van der Waals surface area contributed by atoms with Crippen molar-refractivity contribution in [2.75, 3.05) is 0 Å². The van der Waals surface area contributed by atoms with Gasteiger partial charge in [0.15, 0.2) is 0 Å². The summed E-state index contributed by atoms with van der Waals surface area (Å²) in [5.74, 6) is -0.387. The van der Waals surface area contributed by atoms with Crippen molar-refractivity contribution in [1.82, 2.24) is 0 Å². The molecule has 94 valence electrons. The summed E-state index contributed by atoms with van der Waals surface area (Å²) < 4.78 is 50.4. The summed E-state index contributed by atoms with van der Waals surface area (Å²) in [7, 11) is 0. The van der Waals surface area contributed by atoms with Gasteiger partial charge in [-0.2, -0.15) is 13.2 Å². The van der Waals surface area contributed by atoms with Crippen molar-refractivity contribution in [3.63, 3.8) is 0 Å². The zero-order chi connectivity index (χ0) is 13.2. The van der Waals surface area contributed by atoms with Crippen LogP contribution in [0.25, 0.3) is 0 Å². The van der Waals surface area contributed by atoms with Crippen molar-refractivity contribution in [3.8, 4) is 0 Å². The van der Waals surface area contributed by atoms with Crippen LogP contribution in [0.2, 0.25) is 0 Å². The Kier molecular flexibility index (Phi) is 3.61. The third-order valence-corrected chi connectivity index (χ3v) is 3.30. The number of halogens is 4. The molecule has 0 heterocycles. The van der Waals surface area contributed by atoms with Crippen LogP contribution in [0.5, 0.6) is 0 Å². The second-order valence-corrected chi connectivity index (χ2v) is 4.67. The summed E-state index contributed by atoms with van der Waals surface area (Å²) in [4.78, 5) is 0.949. The summed E-state index contributed by atoms with van der Waals surface area (Å²) in [6.45, 7) is 0. The maximum absolute atomic E-state index is 13.3. The average Bonchev–Trinajstić information content (AvgIpc) is 2.32. The lowest BCUT2D eigenvalue weighted by Gasteiger charge is -2.07. The minimum Gasteiger partial charge on any atom is -0.206 e. The van der Waals surface area contributed by atoms with Gasteiger partial charge in [-0.25, -0.2) is 4.39 Å². The number of benzene rings is 2. The highest BCUT2D eigenvalue weighted by Crippen LogP contribution is 2.33. The Labute approximate surface area is 106 Å². The Morgan fingerprint density at radius 3 is 2.00 bits per heavy atom. The van der Waals surface area contributed by atoms with E-state index in [1.165, 1.54) is 18.2 Å². The van der Waals surface area contributed by atoms with Crippen LogP contribution < -0.4 is 0 Å². The highest BCUT2D eigenvalue weighted by atomic mass is 32.2. The fraction of sp³-hybridized carbons (Fsp3) is 0.0769. The molecule has 0 aromatic heterocycles. The van der Waals surface area contributed by atoms with Crippen LogP contribution in [-0.2, 0) is 6.18 Å². The van der Waals surface area contributed by atoms with Gasteiger partial charge in [0.2, 0.25) is 0 Å². The lowest BCUT2D eigenvalue weighted by Crippen LogP contribution is -2.03. The monoisotopic (exact) mass is 272 g/mol. The van der Waals surface area contributed by atoms with Gasteiger partial charge in [0.05, 0.1) is 5.56 Å². The molecule has 0 atom stereocenters. The second kappa shape index (κ2) is 5.02. The summed E-state index contributed by atoms with van der Waals surface area (Å²) >= 11 is 1.09. The lowest BCUT2D eigenvalue weighted by atomic mass is 10.2. The van der Waals surface area contributed by atoms with E-state index < -0.39 is 11.7 Å². The minimum atomic E-state index is -4.35. The molecule has 0 nitrogen and oxygen atoms in total. The molecule has 0 unspecified atom stereocenters. The van der Waals surface area contributed by atoms with E-state index in [2.05, 4.69) is 0 Å². The maximum Gasteiger partial charge on any atom is 0.416 e. The number of hydrogen-bond donors (Lipinski definition) is 0. The highest BCUT2D eigenvalue weighted by Gasteiger charge is 2.29. The van der Waals surface area contributed by atoms with Crippen LogP contribution in [0.1, 0.15) is 5.56 Å². The Balaban J connectivity index is 2.19. The molecule has 0 radical (unpaired) electrons. The molecule has 0 aliphatic carbocycles. The van der Waals surface area contributed by atoms with E-state index in [1.54, 1.807) is 18.2 Å². The van der Waals surface area contributed by atoms with Crippen LogP contribution >= 0.6 is 11.8 Å². The molecule has 0 bridgehead atoms. The van der Waals surface area contributed by atoms with E-state index in [9.17, 15) is 17.6 Å². The van der Waals surface area contributed by atoms with Crippen molar-refractivity contribution in [3.05, 3.63) is 59.9 Å². The van der Waals surface area contributed by atoms with Crippen molar-refractivity contribution in [1.29, 1.82) is 0 Å². The normalized spacial score (nSPS) is 11.6. The van der Waals surface area contributed by atoms with E-state index in [4.69, 9.17) is 0 Å². The van der Waals surface area contributed by atoms with E-state index in [-0.39, 0.29) is 5.82 Å². The third kappa shape index (κ3) is 3.04. The van der Waals surface area contributed by atoms with Gasteiger partial charge in [0.1, 0.15) is 5.82 Å². The molecular formula is C13H8F4S. The maximum atomic E-state index is 13.3. The number of rotatable bonds is 2. The molecule has 2 aromatic carbocycles. The largest absolute Gasteiger partial charge is 0.416 e. The predicted molar refractivity (Wildman–Crippen MR) is 62.0 cm³/mol. The average molecular weight is 272 g/mol. The Morgan fingerprint density at radius 1 is 0.833 bits per heavy atom. The fourth-order valence-corrected chi connectivity index (χ4v) is 2.20. The van der Waals surface area contributed by atoms with E-state index in [1.807, 2.05) is 0 Å². The Hall–Kier alpha value is -1.49. The van der Waals surface area contributed by atoms with Crippen LogP contribution in [0.4, 0.5) is 17.6 Å². The van der Waals surface area contributed by atoms with Gasteiger partial charge in [-0.05, 0) is 36.4 Å². The Bertz CT molecular complexity index is 531. The van der Waals surface area contributed by atoms with Gasteiger partial charge < -0.3 is 0 Å². The molecule has 5 heteroatoms. The van der Waals surface area contributed by atoms with E-state index in [0.29, 0.717) is 9.79 Å². The molecule has 18 heavy (non-hydrogen) atoms. The van der Waals surface area contributed by atoms with Crippen LogP contribution in [0.15, 0.2) is 58.3 Å². The molecule has 2 rings (SSSR count). The Morgan fingerprint density at radius 2 is 1.44 bits per heavy atom. The summed E-state index contributed by atoms with van der Waals surface area (Å²) in [6.07, 6.45) is -4.35. The highest BCUT2D eigenvalue weighted by molar-refractivity contribution is 7.99. The lowest BCUT2D eigenvalue weighted by molar-refractivity contribution is -0.137. The first-order valence-electron chi connectivity index (χ1n) is 5.06. The number of alkyl halides is 3. The first kappa shape index (κ1) is 13.0. The molecule has 0 aliphatic rings. The van der Waals surface area contributed by atoms with Gasteiger partial charge >= 0.3 is 6.18 Å². The second-order valence-electron chi connectivity index (χ2n) is 3.55. The first-order valence-corrected chi connectivity index (χ1v) is 5.88. The van der Waals surface area contributed by atoms with Crippen LogP contribution in [0.3, 0.4) is 0 Å². The van der Waals surface area contributed by atoms with Crippen molar-refractivity contribution >= 4 is 11.8 Å². The van der Waals surface area contributed by atoms with Crippen LogP contribution in [-0.4, -0.2) is 0 Å². The molecule has 0 amide bonds. The predicted octanol–water partition coefficient (Wildman–Crippen LogP) is 5.00. The van der Waals surface area contributed by atoms with Crippen LogP contribution in [0, 0.1) is 5.82 Å². The van der Waals surface area contributed by atoms with Gasteiger partial charge in [0.25, 0.3) is 0 Å². The molecule has 2 aromatic rings. The molecule has 0 fully saturated rings. The fourth-order valence-electron chi connectivity index (χ4n) is 1.37. The smallest absolute Gasteiger partial charge is 0.206 e. The summed E-state index contributed by atoms with van der Waals surface area (Å²) in [5.41, 5.74) is -0.708. The number of hydrogen-bond acceptors (Lipinski definition) is 1. The van der Waals surface area contributed by atoms with E-state index in [0.717, 1.165) is 23.9 Å². The SMILES string of the molecule is Fc1ccccc1Sc1ccc(C(F)(F)F)cc1. The molecule has 0 saturated carbocycles. The zero-order valence-electron chi connectivity index (χ0n) is 9.04. The molecular weight excluding hydrogens is 264 g/mol. The summed E-state index contributed by atoms with van der Waals surface area (Å²) in [6, 6.07) is 10.8. The molecule has 0 N–H and O–H groups in total. The quantitative estimate of drug-likeness (QED) is 0.693. The van der Waals surface area contributed by atoms with Gasteiger partial charge in [-0.1, -0.05) is 23.9 Å². The topological polar surface area (TPSA) is 0 Å². The minimum absolute atomic E-state index is 0.386. The van der Waals surface area contributed by atoms with Gasteiger partial charge in [-0.15, -0.1) is 0 Å². The summed E-state index contributed by atoms with van der Waals surface area (Å²) in [5, 5.41) is 0. The van der Waals surface area contributed by atoms with E-state index >= 15 is 0 Å². The molecule has 0 aliphatic heterocycles. The first-order chi connectivity index (χ1) is 8.47. The standard InChI is InChI=1S/C13H8F4S/c14-11-3-1-2-4-12(11)18-10-7-5-9(6-8-10)13(15,16)17/h1-8H. The zero-order valence-corrected chi connectivity index (χ0v) is 9.86. The van der Waals surface area contributed by atoms with Crippen molar-refractivity contribution in [2.24, 2.45) is 0 Å². The molecule has 0 saturated heterocycles.